The molecule has 0 aliphatic heterocycles. The van der Waals surface area contributed by atoms with Crippen LogP contribution in [0.25, 0.3) is 0 Å². The first-order chi connectivity index (χ1) is 12.1. The third-order valence-electron chi connectivity index (χ3n) is 4.69. The molecule has 0 aromatic carbocycles. The first kappa shape index (κ1) is 21.5. The summed E-state index contributed by atoms with van der Waals surface area (Å²) < 4.78 is 0. The van der Waals surface area contributed by atoms with Crippen molar-refractivity contribution in [2.45, 2.75) is 91.9 Å². The van der Waals surface area contributed by atoms with E-state index in [1.807, 2.05) is 25.4 Å². The Bertz CT molecular complexity index is 511. The molecule has 0 amide bonds. The van der Waals surface area contributed by atoms with Crippen LogP contribution >= 0.6 is 0 Å². The fourth-order valence-electron chi connectivity index (χ4n) is 3.11. The third kappa shape index (κ3) is 8.42. The maximum Gasteiger partial charge on any atom is 0.155 e. The molecule has 0 saturated heterocycles. The van der Waals surface area contributed by atoms with E-state index in [1.54, 1.807) is 0 Å². The van der Waals surface area contributed by atoms with Crippen LogP contribution in [0.2, 0.25) is 0 Å². The Labute approximate surface area is 154 Å². The van der Waals surface area contributed by atoms with Crippen molar-refractivity contribution in [1.29, 1.82) is 0 Å². The van der Waals surface area contributed by atoms with Gasteiger partial charge in [0.05, 0.1) is 0 Å². The monoisotopic (exact) mass is 344 g/mol. The lowest BCUT2D eigenvalue weighted by Gasteiger charge is -2.20. The van der Waals surface area contributed by atoms with Crippen LogP contribution < -0.4 is 0 Å². The van der Waals surface area contributed by atoms with E-state index >= 15 is 0 Å². The molecule has 0 radical (unpaired) electrons. The topological polar surface area (TPSA) is 42.9 Å². The number of carbonyl (C=O) groups is 1. The van der Waals surface area contributed by atoms with E-state index < -0.39 is 0 Å². The summed E-state index contributed by atoms with van der Waals surface area (Å²) in [7, 11) is 0. The van der Waals surface area contributed by atoms with E-state index in [2.05, 4.69) is 30.7 Å². The Balaban J connectivity index is 2.96. The Morgan fingerprint density at radius 3 is 2.08 bits per heavy atom. The van der Waals surface area contributed by atoms with E-state index in [1.165, 1.54) is 36.8 Å². The SMILES string of the molecule is CCCCC(CCCC)/C(=C\C(=O)CC)Cc1ncc(CCC)cn1. The van der Waals surface area contributed by atoms with Crippen molar-refractivity contribution in [2.75, 3.05) is 0 Å². The van der Waals surface area contributed by atoms with Crippen LogP contribution in [-0.2, 0) is 17.6 Å². The van der Waals surface area contributed by atoms with Crippen LogP contribution in [0.3, 0.4) is 0 Å². The lowest BCUT2D eigenvalue weighted by molar-refractivity contribution is -0.114. The summed E-state index contributed by atoms with van der Waals surface area (Å²) in [5, 5.41) is 0. The van der Waals surface area contributed by atoms with Crippen LogP contribution in [0.4, 0.5) is 0 Å². The van der Waals surface area contributed by atoms with Crippen molar-refractivity contribution >= 4 is 5.78 Å². The molecule has 0 N–H and O–H groups in total. The summed E-state index contributed by atoms with van der Waals surface area (Å²) in [5.74, 6) is 1.54. The van der Waals surface area contributed by atoms with Gasteiger partial charge in [-0.3, -0.25) is 4.79 Å². The Hall–Kier alpha value is -1.51. The predicted molar refractivity (Wildman–Crippen MR) is 106 cm³/mol. The van der Waals surface area contributed by atoms with Crippen molar-refractivity contribution in [3.8, 4) is 0 Å². The number of carbonyl (C=O) groups excluding carboxylic acids is 1. The second kappa shape index (κ2) is 12.8. The molecule has 0 aliphatic rings. The summed E-state index contributed by atoms with van der Waals surface area (Å²) in [6.07, 6.45) is 16.3. The summed E-state index contributed by atoms with van der Waals surface area (Å²) in [5.41, 5.74) is 2.42. The van der Waals surface area contributed by atoms with Crippen LogP contribution in [0, 0.1) is 5.92 Å². The summed E-state index contributed by atoms with van der Waals surface area (Å²) in [6.45, 7) is 8.55. The molecule has 140 valence electrons. The number of unbranched alkanes of at least 4 members (excludes halogenated alkanes) is 2. The Kier molecular flexibility index (Phi) is 11.0. The van der Waals surface area contributed by atoms with Crippen molar-refractivity contribution < 1.29 is 4.79 Å². The number of hydrogen-bond donors (Lipinski definition) is 0. The molecule has 3 nitrogen and oxygen atoms in total. The van der Waals surface area contributed by atoms with Gasteiger partial charge in [-0.25, -0.2) is 9.97 Å². The highest BCUT2D eigenvalue weighted by atomic mass is 16.1. The van der Waals surface area contributed by atoms with Crippen LogP contribution in [0.15, 0.2) is 24.0 Å². The maximum absolute atomic E-state index is 12.1. The predicted octanol–water partition coefficient (Wildman–Crippen LogP) is 5.87. The highest BCUT2D eigenvalue weighted by Gasteiger charge is 2.16. The van der Waals surface area contributed by atoms with Gasteiger partial charge < -0.3 is 0 Å². The number of allylic oxidation sites excluding steroid dienone is 2. The molecule has 0 atom stereocenters. The normalized spacial score (nSPS) is 12.0. The number of nitrogens with zero attached hydrogens (tertiary/aromatic N) is 2. The molecule has 1 aromatic rings. The first-order valence-corrected chi connectivity index (χ1v) is 10.2. The smallest absolute Gasteiger partial charge is 0.155 e. The van der Waals surface area contributed by atoms with E-state index in [0.29, 0.717) is 18.8 Å². The Morgan fingerprint density at radius 1 is 1.00 bits per heavy atom. The number of aryl methyl sites for hydroxylation is 1. The summed E-state index contributed by atoms with van der Waals surface area (Å²) in [6, 6.07) is 0. The van der Waals surface area contributed by atoms with Crippen molar-refractivity contribution in [3.63, 3.8) is 0 Å². The molecule has 0 aliphatic carbocycles. The molecule has 0 saturated carbocycles. The molecule has 1 aromatic heterocycles. The van der Waals surface area contributed by atoms with Gasteiger partial charge in [0.25, 0.3) is 0 Å². The molecular weight excluding hydrogens is 308 g/mol. The average Bonchev–Trinajstić information content (AvgIpc) is 2.63. The first-order valence-electron chi connectivity index (χ1n) is 10.2. The minimum atomic E-state index is 0.218. The third-order valence-corrected chi connectivity index (χ3v) is 4.69. The van der Waals surface area contributed by atoms with Crippen molar-refractivity contribution in [2.24, 2.45) is 5.92 Å². The minimum absolute atomic E-state index is 0.218. The molecule has 0 spiro atoms. The molecule has 0 unspecified atom stereocenters. The number of aromatic nitrogens is 2. The number of ketones is 1. The number of hydrogen-bond acceptors (Lipinski definition) is 3. The fourth-order valence-corrected chi connectivity index (χ4v) is 3.11. The van der Waals surface area contributed by atoms with Gasteiger partial charge >= 0.3 is 0 Å². The fraction of sp³-hybridized carbons (Fsp3) is 0.682. The second-order valence-corrected chi connectivity index (χ2v) is 6.95. The summed E-state index contributed by atoms with van der Waals surface area (Å²) >= 11 is 0. The van der Waals surface area contributed by atoms with Crippen molar-refractivity contribution in [1.82, 2.24) is 9.97 Å². The Morgan fingerprint density at radius 2 is 1.60 bits per heavy atom. The quantitative estimate of drug-likeness (QED) is 0.420. The van der Waals surface area contributed by atoms with Crippen molar-refractivity contribution in [3.05, 3.63) is 35.4 Å². The zero-order chi connectivity index (χ0) is 18.5. The molecule has 25 heavy (non-hydrogen) atoms. The van der Waals surface area contributed by atoms with Crippen LogP contribution in [-0.4, -0.2) is 15.8 Å². The van der Waals surface area contributed by atoms with E-state index in [0.717, 1.165) is 31.5 Å². The molecule has 0 bridgehead atoms. The molecular formula is C22H36N2O. The summed E-state index contributed by atoms with van der Waals surface area (Å²) in [4.78, 5) is 21.2. The standard InChI is InChI=1S/C22H36N2O/c1-5-9-12-19(13-10-6-2)20(14-21(25)8-4)15-22-23-16-18(11-7-3)17-24-22/h14,16-17,19H,5-13,15H2,1-4H3/b20-14-. The zero-order valence-electron chi connectivity index (χ0n) is 16.7. The van der Waals surface area contributed by atoms with Gasteiger partial charge in [-0.15, -0.1) is 0 Å². The zero-order valence-corrected chi connectivity index (χ0v) is 16.7. The molecule has 1 heterocycles. The van der Waals surface area contributed by atoms with Gasteiger partial charge in [-0.05, 0) is 36.8 Å². The lowest BCUT2D eigenvalue weighted by Crippen LogP contribution is -2.11. The molecule has 1 rings (SSSR count). The largest absolute Gasteiger partial charge is 0.295 e. The van der Waals surface area contributed by atoms with Gasteiger partial charge in [0.2, 0.25) is 0 Å². The lowest BCUT2D eigenvalue weighted by atomic mass is 9.86. The molecule has 0 fully saturated rings. The maximum atomic E-state index is 12.1. The van der Waals surface area contributed by atoms with Gasteiger partial charge in [-0.2, -0.15) is 0 Å². The minimum Gasteiger partial charge on any atom is -0.295 e. The van der Waals surface area contributed by atoms with Gasteiger partial charge in [0.1, 0.15) is 5.82 Å². The van der Waals surface area contributed by atoms with E-state index in [4.69, 9.17) is 0 Å². The average molecular weight is 345 g/mol. The van der Waals surface area contributed by atoms with Gasteiger partial charge in [-0.1, -0.05) is 65.4 Å². The highest BCUT2D eigenvalue weighted by molar-refractivity contribution is 5.90. The molecule has 3 heteroatoms. The van der Waals surface area contributed by atoms with Crippen LogP contribution in [0.5, 0.6) is 0 Å². The number of rotatable bonds is 13. The van der Waals surface area contributed by atoms with Crippen LogP contribution in [0.1, 0.15) is 90.4 Å². The second-order valence-electron chi connectivity index (χ2n) is 6.95. The van der Waals surface area contributed by atoms with E-state index in [-0.39, 0.29) is 5.78 Å². The van der Waals surface area contributed by atoms with E-state index in [9.17, 15) is 4.79 Å². The highest BCUT2D eigenvalue weighted by Crippen LogP contribution is 2.27. The van der Waals surface area contributed by atoms with Gasteiger partial charge in [0.15, 0.2) is 5.78 Å². The van der Waals surface area contributed by atoms with Gasteiger partial charge in [0, 0.05) is 25.2 Å².